The van der Waals surface area contributed by atoms with Crippen molar-refractivity contribution in [2.24, 2.45) is 0 Å². The zero-order valence-corrected chi connectivity index (χ0v) is 11.8. The fourth-order valence-electron chi connectivity index (χ4n) is 1.86. The number of benzene rings is 2. The van der Waals surface area contributed by atoms with E-state index in [1.807, 2.05) is 49.4 Å². The number of ether oxygens (including phenoxy) is 1. The Kier molecular flexibility index (Phi) is 4.15. The number of alkyl halides is 1. The van der Waals surface area contributed by atoms with Gasteiger partial charge in [-0.05, 0) is 30.7 Å². The minimum absolute atomic E-state index is 0.239. The molecule has 18 heavy (non-hydrogen) atoms. The second-order valence-corrected chi connectivity index (χ2v) is 5.03. The molecule has 0 amide bonds. The number of methoxy groups -OCH3 is 1. The van der Waals surface area contributed by atoms with Crippen LogP contribution in [0.4, 0.5) is 0 Å². The molecule has 0 aliphatic carbocycles. The summed E-state index contributed by atoms with van der Waals surface area (Å²) in [5.74, 6) is 0.801. The van der Waals surface area contributed by atoms with E-state index in [0.29, 0.717) is 5.02 Å². The van der Waals surface area contributed by atoms with E-state index in [4.69, 9.17) is 27.9 Å². The van der Waals surface area contributed by atoms with Crippen LogP contribution < -0.4 is 4.74 Å². The molecule has 0 N–H and O–H groups in total. The molecule has 0 aromatic heterocycles. The van der Waals surface area contributed by atoms with Crippen LogP contribution in [0.15, 0.2) is 42.5 Å². The van der Waals surface area contributed by atoms with Crippen LogP contribution >= 0.6 is 23.2 Å². The van der Waals surface area contributed by atoms with Crippen molar-refractivity contribution in [2.75, 3.05) is 7.11 Å². The van der Waals surface area contributed by atoms with E-state index < -0.39 is 0 Å². The van der Waals surface area contributed by atoms with Crippen molar-refractivity contribution >= 4 is 23.2 Å². The lowest BCUT2D eigenvalue weighted by molar-refractivity contribution is 0.410. The Morgan fingerprint density at radius 1 is 1.06 bits per heavy atom. The van der Waals surface area contributed by atoms with Crippen molar-refractivity contribution in [1.29, 1.82) is 0 Å². The van der Waals surface area contributed by atoms with Gasteiger partial charge in [-0.2, -0.15) is 0 Å². The second-order valence-electron chi connectivity index (χ2n) is 4.16. The first-order valence-corrected chi connectivity index (χ1v) is 6.47. The van der Waals surface area contributed by atoms with Crippen molar-refractivity contribution in [2.45, 2.75) is 12.3 Å². The molecule has 1 unspecified atom stereocenters. The Labute approximate surface area is 117 Å². The average Bonchev–Trinajstić information content (AvgIpc) is 2.39. The van der Waals surface area contributed by atoms with Gasteiger partial charge < -0.3 is 4.74 Å². The minimum atomic E-state index is -0.239. The lowest BCUT2D eigenvalue weighted by atomic mass is 10.0. The zero-order chi connectivity index (χ0) is 13.1. The van der Waals surface area contributed by atoms with Crippen LogP contribution in [0.5, 0.6) is 5.75 Å². The molecule has 0 aliphatic heterocycles. The van der Waals surface area contributed by atoms with Gasteiger partial charge in [0.25, 0.3) is 0 Å². The first kappa shape index (κ1) is 13.3. The highest BCUT2D eigenvalue weighted by Gasteiger charge is 2.15. The van der Waals surface area contributed by atoms with Gasteiger partial charge in [-0.15, -0.1) is 11.6 Å². The predicted octanol–water partition coefficient (Wildman–Crippen LogP) is 4.99. The molecular formula is C15H14Cl2O. The highest BCUT2D eigenvalue weighted by molar-refractivity contribution is 6.30. The summed E-state index contributed by atoms with van der Waals surface area (Å²) < 4.78 is 5.36. The first-order valence-electron chi connectivity index (χ1n) is 5.66. The topological polar surface area (TPSA) is 9.23 Å². The van der Waals surface area contributed by atoms with E-state index in [2.05, 4.69) is 0 Å². The molecule has 0 saturated carbocycles. The molecule has 3 heteroatoms. The molecule has 94 valence electrons. The number of rotatable bonds is 3. The van der Waals surface area contributed by atoms with Crippen molar-refractivity contribution in [1.82, 2.24) is 0 Å². The van der Waals surface area contributed by atoms with Crippen LogP contribution in [0.3, 0.4) is 0 Å². The largest absolute Gasteiger partial charge is 0.496 e. The summed E-state index contributed by atoms with van der Waals surface area (Å²) in [6.07, 6.45) is 0. The van der Waals surface area contributed by atoms with Crippen LogP contribution in [0.25, 0.3) is 0 Å². The molecule has 1 nitrogen and oxygen atoms in total. The molecular weight excluding hydrogens is 267 g/mol. The Balaban J connectivity index is 2.41. The van der Waals surface area contributed by atoms with Crippen LogP contribution in [-0.4, -0.2) is 7.11 Å². The van der Waals surface area contributed by atoms with Crippen LogP contribution in [-0.2, 0) is 0 Å². The van der Waals surface area contributed by atoms with Gasteiger partial charge >= 0.3 is 0 Å². The van der Waals surface area contributed by atoms with E-state index >= 15 is 0 Å². The van der Waals surface area contributed by atoms with Crippen molar-refractivity contribution in [3.8, 4) is 5.75 Å². The monoisotopic (exact) mass is 280 g/mol. The quantitative estimate of drug-likeness (QED) is 0.720. The summed E-state index contributed by atoms with van der Waals surface area (Å²) in [7, 11) is 1.65. The Bertz CT molecular complexity index is 535. The maximum Gasteiger partial charge on any atom is 0.123 e. The predicted molar refractivity (Wildman–Crippen MR) is 76.9 cm³/mol. The van der Waals surface area contributed by atoms with Gasteiger partial charge in [-0.1, -0.05) is 41.4 Å². The third-order valence-electron chi connectivity index (χ3n) is 2.82. The normalized spacial score (nSPS) is 12.2. The van der Waals surface area contributed by atoms with Gasteiger partial charge in [-0.25, -0.2) is 0 Å². The van der Waals surface area contributed by atoms with Gasteiger partial charge in [0.1, 0.15) is 5.75 Å². The lowest BCUT2D eigenvalue weighted by Crippen LogP contribution is -1.98. The molecule has 0 radical (unpaired) electrons. The molecule has 2 aromatic carbocycles. The molecule has 0 fully saturated rings. The highest BCUT2D eigenvalue weighted by atomic mass is 35.5. The Morgan fingerprint density at radius 3 is 2.33 bits per heavy atom. The number of aryl methyl sites for hydroxylation is 1. The van der Waals surface area contributed by atoms with E-state index in [1.165, 1.54) is 0 Å². The maximum absolute atomic E-state index is 6.52. The smallest absolute Gasteiger partial charge is 0.123 e. The van der Waals surface area contributed by atoms with Crippen LogP contribution in [0.1, 0.15) is 22.1 Å². The molecule has 0 saturated heterocycles. The van der Waals surface area contributed by atoms with Gasteiger partial charge in [0.2, 0.25) is 0 Å². The first-order chi connectivity index (χ1) is 8.61. The molecule has 0 spiro atoms. The van der Waals surface area contributed by atoms with Gasteiger partial charge in [0.15, 0.2) is 0 Å². The number of hydrogen-bond donors (Lipinski definition) is 0. The van der Waals surface area contributed by atoms with E-state index in [9.17, 15) is 0 Å². The summed E-state index contributed by atoms with van der Waals surface area (Å²) in [6, 6.07) is 13.5. The minimum Gasteiger partial charge on any atom is -0.496 e. The molecule has 0 heterocycles. The average molecular weight is 281 g/mol. The van der Waals surface area contributed by atoms with Gasteiger partial charge in [0.05, 0.1) is 12.5 Å². The third kappa shape index (κ3) is 2.80. The SMILES string of the molecule is COc1ccc(C)cc1C(Cl)c1ccc(Cl)cc1. The summed E-state index contributed by atoms with van der Waals surface area (Å²) in [5.41, 5.74) is 3.14. The highest BCUT2D eigenvalue weighted by Crippen LogP contribution is 2.35. The Morgan fingerprint density at radius 2 is 1.72 bits per heavy atom. The molecule has 2 aromatic rings. The van der Waals surface area contributed by atoms with E-state index in [0.717, 1.165) is 22.4 Å². The Hall–Kier alpha value is -1.18. The molecule has 1 atom stereocenters. The number of halogens is 2. The van der Waals surface area contributed by atoms with Crippen molar-refractivity contribution in [3.05, 3.63) is 64.2 Å². The van der Waals surface area contributed by atoms with Crippen LogP contribution in [0.2, 0.25) is 5.02 Å². The van der Waals surface area contributed by atoms with Gasteiger partial charge in [0, 0.05) is 10.6 Å². The summed E-state index contributed by atoms with van der Waals surface area (Å²) >= 11 is 12.4. The summed E-state index contributed by atoms with van der Waals surface area (Å²) in [5, 5.41) is 0.468. The molecule has 2 rings (SSSR count). The summed E-state index contributed by atoms with van der Waals surface area (Å²) in [6.45, 7) is 2.04. The molecule has 0 bridgehead atoms. The second kappa shape index (κ2) is 5.64. The van der Waals surface area contributed by atoms with Crippen LogP contribution in [0, 0.1) is 6.92 Å². The number of hydrogen-bond acceptors (Lipinski definition) is 1. The fraction of sp³-hybridized carbons (Fsp3) is 0.200. The van der Waals surface area contributed by atoms with Gasteiger partial charge in [-0.3, -0.25) is 0 Å². The van der Waals surface area contributed by atoms with E-state index in [1.54, 1.807) is 7.11 Å². The zero-order valence-electron chi connectivity index (χ0n) is 10.3. The molecule has 0 aliphatic rings. The van der Waals surface area contributed by atoms with E-state index in [-0.39, 0.29) is 5.38 Å². The van der Waals surface area contributed by atoms with Crippen molar-refractivity contribution in [3.63, 3.8) is 0 Å². The lowest BCUT2D eigenvalue weighted by Gasteiger charge is -2.15. The summed E-state index contributed by atoms with van der Waals surface area (Å²) in [4.78, 5) is 0. The van der Waals surface area contributed by atoms with Crippen molar-refractivity contribution < 1.29 is 4.74 Å². The standard InChI is InChI=1S/C15H14Cl2O/c1-10-3-8-14(18-2)13(9-10)15(17)11-4-6-12(16)7-5-11/h3-9,15H,1-2H3. The third-order valence-corrected chi connectivity index (χ3v) is 3.56. The maximum atomic E-state index is 6.52. The fourth-order valence-corrected chi connectivity index (χ4v) is 2.31.